The molecule has 0 spiro atoms. The van der Waals surface area contributed by atoms with Crippen LogP contribution in [0.4, 0.5) is 0 Å². The third kappa shape index (κ3) is 2.87. The summed E-state index contributed by atoms with van der Waals surface area (Å²) in [7, 11) is 0. The van der Waals surface area contributed by atoms with E-state index in [9.17, 15) is 5.11 Å². The predicted molar refractivity (Wildman–Crippen MR) is 70.1 cm³/mol. The molecular formula is C12H12Br2O2. The van der Waals surface area contributed by atoms with Crippen LogP contribution in [-0.4, -0.2) is 11.7 Å². The number of rotatable bonds is 2. The standard InChI is InChI=1S/C12H12Br2O2/c13-10-4-9(5-11(14)6-10)12(15)8-2-1-3-16-7-8/h4-7,12,15H,1-3H2. The van der Waals surface area contributed by atoms with Gasteiger partial charge in [0.05, 0.1) is 12.9 Å². The topological polar surface area (TPSA) is 29.5 Å². The van der Waals surface area contributed by atoms with Gasteiger partial charge < -0.3 is 9.84 Å². The molecule has 0 saturated heterocycles. The lowest BCUT2D eigenvalue weighted by Gasteiger charge is -2.19. The highest BCUT2D eigenvalue weighted by atomic mass is 79.9. The monoisotopic (exact) mass is 346 g/mol. The van der Waals surface area contributed by atoms with Crippen LogP contribution in [0.1, 0.15) is 24.5 Å². The molecular weight excluding hydrogens is 336 g/mol. The molecule has 1 unspecified atom stereocenters. The van der Waals surface area contributed by atoms with Gasteiger partial charge in [-0.15, -0.1) is 0 Å². The van der Waals surface area contributed by atoms with E-state index in [0.29, 0.717) is 0 Å². The summed E-state index contributed by atoms with van der Waals surface area (Å²) in [6.07, 6.45) is 2.97. The fourth-order valence-corrected chi connectivity index (χ4v) is 3.06. The molecule has 1 N–H and O–H groups in total. The lowest BCUT2D eigenvalue weighted by atomic mass is 9.98. The maximum absolute atomic E-state index is 10.2. The molecule has 0 radical (unpaired) electrons. The Balaban J connectivity index is 2.25. The molecule has 0 aliphatic carbocycles. The fraction of sp³-hybridized carbons (Fsp3) is 0.333. The SMILES string of the molecule is OC(C1=COCCC1)c1cc(Br)cc(Br)c1. The van der Waals surface area contributed by atoms with E-state index in [2.05, 4.69) is 31.9 Å². The molecule has 86 valence electrons. The minimum absolute atomic E-state index is 0.575. The first-order valence-electron chi connectivity index (χ1n) is 5.11. The summed E-state index contributed by atoms with van der Waals surface area (Å²) in [5.41, 5.74) is 1.81. The first kappa shape index (κ1) is 12.1. The Labute approximate surface area is 112 Å². The average molecular weight is 348 g/mol. The second kappa shape index (κ2) is 5.34. The maximum atomic E-state index is 10.2. The van der Waals surface area contributed by atoms with Gasteiger partial charge in [0.2, 0.25) is 0 Å². The molecule has 2 rings (SSSR count). The molecule has 0 aromatic heterocycles. The number of halogens is 2. The second-order valence-electron chi connectivity index (χ2n) is 3.77. The van der Waals surface area contributed by atoms with Crippen molar-refractivity contribution in [1.29, 1.82) is 0 Å². The minimum atomic E-state index is -0.575. The van der Waals surface area contributed by atoms with Crippen LogP contribution in [0.2, 0.25) is 0 Å². The van der Waals surface area contributed by atoms with E-state index in [0.717, 1.165) is 39.5 Å². The summed E-state index contributed by atoms with van der Waals surface area (Å²) in [4.78, 5) is 0. The van der Waals surface area contributed by atoms with Crippen molar-refractivity contribution in [3.63, 3.8) is 0 Å². The van der Waals surface area contributed by atoms with Gasteiger partial charge >= 0.3 is 0 Å². The molecule has 0 bridgehead atoms. The fourth-order valence-electron chi connectivity index (χ4n) is 1.73. The smallest absolute Gasteiger partial charge is 0.103 e. The highest BCUT2D eigenvalue weighted by Gasteiger charge is 2.17. The summed E-state index contributed by atoms with van der Waals surface area (Å²) in [6.45, 7) is 0.748. The third-order valence-electron chi connectivity index (χ3n) is 2.51. The van der Waals surface area contributed by atoms with Gasteiger partial charge in [0, 0.05) is 8.95 Å². The van der Waals surface area contributed by atoms with E-state index >= 15 is 0 Å². The zero-order valence-corrected chi connectivity index (χ0v) is 11.8. The molecule has 16 heavy (non-hydrogen) atoms. The van der Waals surface area contributed by atoms with Crippen LogP contribution in [0.25, 0.3) is 0 Å². The second-order valence-corrected chi connectivity index (χ2v) is 5.60. The first-order chi connectivity index (χ1) is 7.66. The van der Waals surface area contributed by atoms with Crippen molar-refractivity contribution in [3.8, 4) is 0 Å². The van der Waals surface area contributed by atoms with Crippen LogP contribution in [0, 0.1) is 0 Å². The number of hydrogen-bond acceptors (Lipinski definition) is 2. The van der Waals surface area contributed by atoms with Gasteiger partial charge in [-0.3, -0.25) is 0 Å². The molecule has 4 heteroatoms. The van der Waals surface area contributed by atoms with Crippen molar-refractivity contribution >= 4 is 31.9 Å². The van der Waals surface area contributed by atoms with E-state index in [1.54, 1.807) is 6.26 Å². The highest BCUT2D eigenvalue weighted by molar-refractivity contribution is 9.11. The van der Waals surface area contributed by atoms with E-state index in [1.165, 1.54) is 0 Å². The van der Waals surface area contributed by atoms with Crippen molar-refractivity contribution in [2.75, 3.05) is 6.61 Å². The van der Waals surface area contributed by atoms with Crippen molar-refractivity contribution < 1.29 is 9.84 Å². The van der Waals surface area contributed by atoms with Gasteiger partial charge in [-0.25, -0.2) is 0 Å². The molecule has 1 aromatic rings. The van der Waals surface area contributed by atoms with E-state index in [1.807, 2.05) is 18.2 Å². The van der Waals surface area contributed by atoms with Gasteiger partial charge in [-0.05, 0) is 42.2 Å². The van der Waals surface area contributed by atoms with Gasteiger partial charge in [0.1, 0.15) is 6.10 Å². The largest absolute Gasteiger partial charge is 0.501 e. The maximum Gasteiger partial charge on any atom is 0.103 e. The molecule has 0 amide bonds. The Morgan fingerprint density at radius 1 is 1.19 bits per heavy atom. The number of aliphatic hydroxyl groups excluding tert-OH is 1. The summed E-state index contributed by atoms with van der Waals surface area (Å²) in [6, 6.07) is 5.79. The van der Waals surface area contributed by atoms with Crippen LogP contribution in [0.15, 0.2) is 39.0 Å². The van der Waals surface area contributed by atoms with Crippen LogP contribution in [0.5, 0.6) is 0 Å². The number of benzene rings is 1. The Morgan fingerprint density at radius 2 is 1.88 bits per heavy atom. The molecule has 2 nitrogen and oxygen atoms in total. The van der Waals surface area contributed by atoms with Gasteiger partial charge in [0.25, 0.3) is 0 Å². The predicted octanol–water partition coefficient (Wildman–Crippen LogP) is 3.94. The zero-order chi connectivity index (χ0) is 11.5. The Kier molecular flexibility index (Phi) is 4.05. The number of ether oxygens (including phenoxy) is 1. The van der Waals surface area contributed by atoms with Crippen molar-refractivity contribution in [2.45, 2.75) is 18.9 Å². The summed E-state index contributed by atoms with van der Waals surface area (Å²) >= 11 is 6.83. The quantitative estimate of drug-likeness (QED) is 0.878. The molecule has 0 saturated carbocycles. The lowest BCUT2D eigenvalue weighted by Crippen LogP contribution is -2.07. The van der Waals surface area contributed by atoms with E-state index in [4.69, 9.17) is 4.74 Å². The van der Waals surface area contributed by atoms with E-state index in [-0.39, 0.29) is 0 Å². The molecule has 1 aromatic carbocycles. The molecule has 1 aliphatic heterocycles. The summed E-state index contributed by atoms with van der Waals surface area (Å²) in [5.74, 6) is 0. The van der Waals surface area contributed by atoms with Gasteiger partial charge in [0.15, 0.2) is 0 Å². The number of aliphatic hydroxyl groups is 1. The Hall–Kier alpha value is -0.320. The van der Waals surface area contributed by atoms with Gasteiger partial charge in [-0.1, -0.05) is 31.9 Å². The van der Waals surface area contributed by atoms with Crippen molar-refractivity contribution in [2.24, 2.45) is 0 Å². The Bertz CT molecular complexity index is 395. The summed E-state index contributed by atoms with van der Waals surface area (Å²) in [5, 5.41) is 10.2. The van der Waals surface area contributed by atoms with Crippen molar-refractivity contribution in [3.05, 3.63) is 44.5 Å². The molecule has 0 fully saturated rings. The minimum Gasteiger partial charge on any atom is -0.501 e. The van der Waals surface area contributed by atoms with E-state index < -0.39 is 6.10 Å². The van der Waals surface area contributed by atoms with Crippen LogP contribution < -0.4 is 0 Å². The van der Waals surface area contributed by atoms with Crippen LogP contribution in [0.3, 0.4) is 0 Å². The molecule has 1 aliphatic rings. The van der Waals surface area contributed by atoms with Crippen molar-refractivity contribution in [1.82, 2.24) is 0 Å². The van der Waals surface area contributed by atoms with Gasteiger partial charge in [-0.2, -0.15) is 0 Å². The highest BCUT2D eigenvalue weighted by Crippen LogP contribution is 2.31. The molecule has 1 atom stereocenters. The number of hydrogen-bond donors (Lipinski definition) is 1. The lowest BCUT2D eigenvalue weighted by molar-refractivity contribution is 0.170. The summed E-state index contributed by atoms with van der Waals surface area (Å²) < 4.78 is 7.14. The normalized spacial score (nSPS) is 17.6. The Morgan fingerprint density at radius 3 is 2.44 bits per heavy atom. The van der Waals surface area contributed by atoms with Crippen LogP contribution >= 0.6 is 31.9 Å². The average Bonchev–Trinajstić information content (AvgIpc) is 2.28. The third-order valence-corrected chi connectivity index (χ3v) is 3.43. The zero-order valence-electron chi connectivity index (χ0n) is 8.62. The molecule has 1 heterocycles. The first-order valence-corrected chi connectivity index (χ1v) is 6.70. The van der Waals surface area contributed by atoms with Crippen LogP contribution in [-0.2, 0) is 4.74 Å².